The Bertz CT molecular complexity index is 1040. The van der Waals surface area contributed by atoms with E-state index in [9.17, 15) is 9.59 Å². The molecule has 7 heteroatoms. The van der Waals surface area contributed by atoms with Crippen molar-refractivity contribution in [2.75, 3.05) is 19.0 Å². The van der Waals surface area contributed by atoms with Gasteiger partial charge in [0.2, 0.25) is 0 Å². The number of nitrogens with one attached hydrogen (secondary N) is 2. The quantitative estimate of drug-likeness (QED) is 0.349. The van der Waals surface area contributed by atoms with Gasteiger partial charge >= 0.3 is 0 Å². The molecule has 0 radical (unpaired) electrons. The Kier molecular flexibility index (Phi) is 7.13. The van der Waals surface area contributed by atoms with Gasteiger partial charge in [-0.3, -0.25) is 9.59 Å². The van der Waals surface area contributed by atoms with Crippen molar-refractivity contribution in [3.8, 4) is 0 Å². The zero-order valence-electron chi connectivity index (χ0n) is 16.7. The van der Waals surface area contributed by atoms with Crippen LogP contribution in [0.1, 0.15) is 20.8 Å². The van der Waals surface area contributed by atoms with Crippen LogP contribution in [0.25, 0.3) is 6.08 Å². The lowest BCUT2D eigenvalue weighted by Crippen LogP contribution is -2.32. The van der Waals surface area contributed by atoms with E-state index < -0.39 is 5.91 Å². The highest BCUT2D eigenvalue weighted by Gasteiger charge is 2.14. The summed E-state index contributed by atoms with van der Waals surface area (Å²) in [4.78, 5) is 28.2. The smallest absolute Gasteiger partial charge is 0.287 e. The van der Waals surface area contributed by atoms with Gasteiger partial charge in [-0.05, 0) is 47.4 Å². The van der Waals surface area contributed by atoms with Gasteiger partial charge in [-0.2, -0.15) is 5.10 Å². The molecule has 2 amide bonds. The molecule has 3 rings (SSSR count). The molecule has 2 N–H and O–H groups in total. The number of amides is 2. The van der Waals surface area contributed by atoms with Gasteiger partial charge in [-0.25, -0.2) is 5.43 Å². The fourth-order valence-electron chi connectivity index (χ4n) is 2.56. The second-order valence-electron chi connectivity index (χ2n) is 6.58. The molecule has 0 fully saturated rings. The van der Waals surface area contributed by atoms with Crippen LogP contribution >= 0.6 is 11.3 Å². The summed E-state index contributed by atoms with van der Waals surface area (Å²) in [6.07, 6.45) is 3.18. The first kappa shape index (κ1) is 21.0. The number of thiophene rings is 1. The second-order valence-corrected chi connectivity index (χ2v) is 7.56. The topological polar surface area (TPSA) is 73.8 Å². The van der Waals surface area contributed by atoms with Crippen molar-refractivity contribution in [1.29, 1.82) is 0 Å². The van der Waals surface area contributed by atoms with Gasteiger partial charge in [0, 0.05) is 30.2 Å². The Labute approximate surface area is 179 Å². The molecular formula is C23H22N4O2S. The molecule has 152 valence electrons. The summed E-state index contributed by atoms with van der Waals surface area (Å²) in [6, 6.07) is 20.2. The van der Waals surface area contributed by atoms with Gasteiger partial charge in [0.15, 0.2) is 0 Å². The van der Waals surface area contributed by atoms with E-state index in [1.807, 2.05) is 66.8 Å². The largest absolute Gasteiger partial charge is 0.378 e. The molecule has 0 aliphatic carbocycles. The number of nitrogens with zero attached hydrogens (tertiary/aromatic N) is 2. The molecule has 0 saturated carbocycles. The summed E-state index contributed by atoms with van der Waals surface area (Å²) < 4.78 is 0. The zero-order chi connectivity index (χ0) is 21.3. The molecule has 1 heterocycles. The first-order valence-corrected chi connectivity index (χ1v) is 10.1. The molecule has 0 unspecified atom stereocenters. The number of benzene rings is 2. The van der Waals surface area contributed by atoms with Crippen molar-refractivity contribution in [3.63, 3.8) is 0 Å². The van der Waals surface area contributed by atoms with Crippen molar-refractivity contribution >= 4 is 41.1 Å². The molecule has 0 aliphatic rings. The Morgan fingerprint density at radius 1 is 0.967 bits per heavy atom. The van der Waals surface area contributed by atoms with Gasteiger partial charge in [0.25, 0.3) is 11.8 Å². The van der Waals surface area contributed by atoms with E-state index in [0.29, 0.717) is 5.56 Å². The fourth-order valence-corrected chi connectivity index (χ4v) is 3.14. The summed E-state index contributed by atoms with van der Waals surface area (Å²) in [7, 11) is 3.91. The number of hydrazone groups is 1. The van der Waals surface area contributed by atoms with Crippen LogP contribution in [0.5, 0.6) is 0 Å². The molecule has 0 saturated heterocycles. The molecular weight excluding hydrogens is 396 g/mol. The number of carbonyl (C=O) groups excluding carboxylic acids is 2. The van der Waals surface area contributed by atoms with Crippen LogP contribution in [-0.4, -0.2) is 32.1 Å². The SMILES string of the molecule is CN(C)c1ccc(/C=C(\NC(=O)c2ccccc2)C(=O)N/N=C\c2cccs2)cc1. The molecule has 30 heavy (non-hydrogen) atoms. The lowest BCUT2D eigenvalue weighted by molar-refractivity contribution is -0.117. The Morgan fingerprint density at radius 3 is 2.33 bits per heavy atom. The van der Waals surface area contributed by atoms with Crippen molar-refractivity contribution in [3.05, 3.63) is 93.8 Å². The predicted molar refractivity (Wildman–Crippen MR) is 123 cm³/mol. The molecule has 0 aliphatic heterocycles. The molecule has 1 aromatic heterocycles. The van der Waals surface area contributed by atoms with E-state index >= 15 is 0 Å². The second kappa shape index (κ2) is 10.2. The minimum atomic E-state index is -0.510. The summed E-state index contributed by atoms with van der Waals surface area (Å²) in [6.45, 7) is 0. The van der Waals surface area contributed by atoms with Crippen LogP contribution in [0.3, 0.4) is 0 Å². The lowest BCUT2D eigenvalue weighted by Gasteiger charge is -2.12. The lowest BCUT2D eigenvalue weighted by atomic mass is 10.1. The van der Waals surface area contributed by atoms with Crippen LogP contribution in [0.2, 0.25) is 0 Å². The Hall–Kier alpha value is -3.71. The third-order valence-corrected chi connectivity index (χ3v) is 4.96. The van der Waals surface area contributed by atoms with Crippen molar-refractivity contribution in [1.82, 2.24) is 10.7 Å². The van der Waals surface area contributed by atoms with Gasteiger partial charge in [0.1, 0.15) is 5.70 Å². The van der Waals surface area contributed by atoms with Crippen LogP contribution in [0, 0.1) is 0 Å². The maximum atomic E-state index is 12.7. The first-order chi connectivity index (χ1) is 14.5. The van der Waals surface area contributed by atoms with Crippen LogP contribution < -0.4 is 15.6 Å². The zero-order valence-corrected chi connectivity index (χ0v) is 17.5. The highest BCUT2D eigenvalue weighted by molar-refractivity contribution is 7.11. The van der Waals surface area contributed by atoms with Gasteiger partial charge in [0.05, 0.1) is 6.21 Å². The van der Waals surface area contributed by atoms with Gasteiger partial charge in [-0.15, -0.1) is 11.3 Å². The van der Waals surface area contributed by atoms with Gasteiger partial charge in [-0.1, -0.05) is 36.4 Å². The molecule has 3 aromatic rings. The van der Waals surface area contributed by atoms with E-state index in [1.54, 1.807) is 36.6 Å². The minimum Gasteiger partial charge on any atom is -0.378 e. The third kappa shape index (κ3) is 5.89. The number of carbonyl (C=O) groups is 2. The normalized spacial score (nSPS) is 11.3. The highest BCUT2D eigenvalue weighted by atomic mass is 32.1. The summed E-state index contributed by atoms with van der Waals surface area (Å²) in [5, 5.41) is 8.59. The Morgan fingerprint density at radius 2 is 1.70 bits per heavy atom. The van der Waals surface area contributed by atoms with Crippen LogP contribution in [0.15, 0.2) is 82.9 Å². The number of anilines is 1. The first-order valence-electron chi connectivity index (χ1n) is 9.25. The molecule has 0 bridgehead atoms. The summed E-state index contributed by atoms with van der Waals surface area (Å²) in [5.74, 6) is -0.882. The number of rotatable bonds is 7. The van der Waals surface area contributed by atoms with Crippen LogP contribution in [0.4, 0.5) is 5.69 Å². The van der Waals surface area contributed by atoms with E-state index in [2.05, 4.69) is 15.8 Å². The monoisotopic (exact) mass is 418 g/mol. The number of hydrogen-bond donors (Lipinski definition) is 2. The van der Waals surface area contributed by atoms with E-state index in [4.69, 9.17) is 0 Å². The fraction of sp³-hybridized carbons (Fsp3) is 0.0870. The highest BCUT2D eigenvalue weighted by Crippen LogP contribution is 2.14. The number of hydrogen-bond acceptors (Lipinski definition) is 5. The Balaban J connectivity index is 1.81. The van der Waals surface area contributed by atoms with E-state index in [1.165, 1.54) is 11.3 Å². The summed E-state index contributed by atoms with van der Waals surface area (Å²) in [5.41, 5.74) is 4.85. The van der Waals surface area contributed by atoms with Crippen molar-refractivity contribution in [2.24, 2.45) is 5.10 Å². The summed E-state index contributed by atoms with van der Waals surface area (Å²) >= 11 is 1.51. The maximum absolute atomic E-state index is 12.7. The third-order valence-electron chi connectivity index (χ3n) is 4.15. The van der Waals surface area contributed by atoms with E-state index in [-0.39, 0.29) is 11.6 Å². The van der Waals surface area contributed by atoms with E-state index in [0.717, 1.165) is 16.1 Å². The van der Waals surface area contributed by atoms with Crippen LogP contribution in [-0.2, 0) is 4.79 Å². The standard InChI is InChI=1S/C23H22N4O2S/c1-27(2)19-12-10-17(11-13-19)15-21(25-22(28)18-7-4-3-5-8-18)23(29)26-24-16-20-9-6-14-30-20/h3-16H,1-2H3,(H,25,28)(H,26,29)/b21-15-,24-16-. The van der Waals surface area contributed by atoms with Crippen molar-refractivity contribution < 1.29 is 9.59 Å². The van der Waals surface area contributed by atoms with Crippen molar-refractivity contribution in [2.45, 2.75) is 0 Å². The van der Waals surface area contributed by atoms with Gasteiger partial charge < -0.3 is 10.2 Å². The predicted octanol–water partition coefficient (Wildman–Crippen LogP) is 3.74. The molecule has 2 aromatic carbocycles. The molecule has 0 spiro atoms. The molecule has 6 nitrogen and oxygen atoms in total. The average Bonchev–Trinajstić information content (AvgIpc) is 3.27. The maximum Gasteiger partial charge on any atom is 0.287 e. The molecule has 0 atom stereocenters. The average molecular weight is 419 g/mol. The minimum absolute atomic E-state index is 0.102.